The van der Waals surface area contributed by atoms with E-state index in [2.05, 4.69) is 4.99 Å². The number of nitrogens with zero attached hydrogens (tertiary/aromatic N) is 1. The predicted octanol–water partition coefficient (Wildman–Crippen LogP) is 6.24. The molecule has 1 heterocycles. The zero-order chi connectivity index (χ0) is 25.2. The van der Waals surface area contributed by atoms with E-state index in [1.165, 1.54) is 6.92 Å². The maximum absolute atomic E-state index is 13.7. The van der Waals surface area contributed by atoms with Gasteiger partial charge in [-0.15, -0.1) is 0 Å². The fourth-order valence-corrected chi connectivity index (χ4v) is 4.65. The lowest BCUT2D eigenvalue weighted by Gasteiger charge is -2.30. The van der Waals surface area contributed by atoms with Crippen LogP contribution in [-0.4, -0.2) is 28.8 Å². The third kappa shape index (κ3) is 4.73. The molecule has 0 N–H and O–H groups in total. The van der Waals surface area contributed by atoms with Gasteiger partial charge >= 0.3 is 0 Å². The summed E-state index contributed by atoms with van der Waals surface area (Å²) < 4.78 is 6.20. The Morgan fingerprint density at radius 3 is 1.97 bits per heavy atom. The Morgan fingerprint density at radius 2 is 1.40 bits per heavy atom. The number of allylic oxidation sites excluding steroid dienone is 1. The van der Waals surface area contributed by atoms with E-state index in [0.29, 0.717) is 33.0 Å². The first-order valence-corrected chi connectivity index (χ1v) is 11.5. The summed E-state index contributed by atoms with van der Waals surface area (Å²) in [5.41, 5.74) is 0.111. The van der Waals surface area contributed by atoms with Crippen molar-refractivity contribution in [1.29, 1.82) is 0 Å². The molecule has 3 aromatic rings. The van der Waals surface area contributed by atoms with Crippen LogP contribution in [0.5, 0.6) is 0 Å². The summed E-state index contributed by atoms with van der Waals surface area (Å²) in [7, 11) is 0. The predicted molar refractivity (Wildman–Crippen MR) is 136 cm³/mol. The second-order valence-electron chi connectivity index (χ2n) is 8.49. The molecule has 5 nitrogen and oxygen atoms in total. The Bertz CT molecular complexity index is 1360. The van der Waals surface area contributed by atoms with Gasteiger partial charge in [-0.05, 0) is 25.5 Å². The lowest BCUT2D eigenvalue weighted by molar-refractivity contribution is -0.111. The largest absolute Gasteiger partial charge is 0.470 e. The number of ketones is 3. The molecule has 0 aliphatic carbocycles. The number of aliphatic imine (C=N–C) groups is 1. The minimum atomic E-state index is -1.46. The Hall–Kier alpha value is -3.83. The van der Waals surface area contributed by atoms with E-state index in [0.717, 1.165) is 0 Å². The highest BCUT2D eigenvalue weighted by Crippen LogP contribution is 2.49. The van der Waals surface area contributed by atoms with Gasteiger partial charge in [0, 0.05) is 23.1 Å². The lowest BCUT2D eigenvalue weighted by atomic mass is 9.81. The van der Waals surface area contributed by atoms with Crippen molar-refractivity contribution in [3.8, 4) is 0 Å². The fraction of sp³-hybridized carbons (Fsp3) is 0.172. The van der Waals surface area contributed by atoms with Gasteiger partial charge in [-0.25, -0.2) is 4.99 Å². The van der Waals surface area contributed by atoms with Crippen molar-refractivity contribution in [1.82, 2.24) is 0 Å². The molecule has 2 atom stereocenters. The molecule has 0 bridgehead atoms. The summed E-state index contributed by atoms with van der Waals surface area (Å²) in [6.45, 7) is 4.64. The molecule has 0 radical (unpaired) electrons. The molecular formula is C29H24ClNO4. The van der Waals surface area contributed by atoms with Crippen LogP contribution in [0.2, 0.25) is 5.02 Å². The average molecular weight is 486 g/mol. The molecule has 2 unspecified atom stereocenters. The highest BCUT2D eigenvalue weighted by molar-refractivity contribution is 6.68. The number of hydrogen-bond donors (Lipinski definition) is 0. The first-order valence-electron chi connectivity index (χ1n) is 11.2. The van der Waals surface area contributed by atoms with Gasteiger partial charge in [0.15, 0.2) is 17.3 Å². The standard InChI is InChI=1S/C29H24ClNO4/c1-18(32)26(28(34)21-14-8-5-9-15-21)31-29(3)25(22-16-10-11-17-23(22)30)24(19(2)35-29)27(33)20-12-6-4-7-13-20/h4-17,25H,1-3H3/b31-26-. The summed E-state index contributed by atoms with van der Waals surface area (Å²) in [5.74, 6) is -1.62. The van der Waals surface area contributed by atoms with Gasteiger partial charge in [-0.3, -0.25) is 14.4 Å². The molecular weight excluding hydrogens is 462 g/mol. The zero-order valence-corrected chi connectivity index (χ0v) is 20.4. The van der Waals surface area contributed by atoms with Gasteiger partial charge in [0.05, 0.1) is 11.5 Å². The molecule has 6 heteroatoms. The van der Waals surface area contributed by atoms with Gasteiger partial charge in [0.2, 0.25) is 11.5 Å². The lowest BCUT2D eigenvalue weighted by Crippen LogP contribution is -2.36. The number of carbonyl (C=O) groups is 3. The van der Waals surface area contributed by atoms with Gasteiger partial charge < -0.3 is 4.74 Å². The van der Waals surface area contributed by atoms with Crippen molar-refractivity contribution in [2.75, 3.05) is 0 Å². The number of Topliss-reactive ketones (excluding diaryl/α,β-unsaturated/α-hetero) is 3. The van der Waals surface area contributed by atoms with Crippen LogP contribution in [-0.2, 0) is 9.53 Å². The van der Waals surface area contributed by atoms with E-state index >= 15 is 0 Å². The molecule has 3 aromatic carbocycles. The number of hydrogen-bond acceptors (Lipinski definition) is 5. The molecule has 176 valence electrons. The Labute approximate surface area is 209 Å². The third-order valence-electron chi connectivity index (χ3n) is 5.98. The topological polar surface area (TPSA) is 72.8 Å². The van der Waals surface area contributed by atoms with Gasteiger partial charge in [0.1, 0.15) is 5.76 Å². The van der Waals surface area contributed by atoms with E-state index in [1.807, 2.05) is 12.1 Å². The first-order chi connectivity index (χ1) is 16.7. The van der Waals surface area contributed by atoms with Crippen LogP contribution >= 0.6 is 11.6 Å². The van der Waals surface area contributed by atoms with E-state index < -0.39 is 23.2 Å². The normalized spacial score (nSPS) is 19.9. The van der Waals surface area contributed by atoms with E-state index in [-0.39, 0.29) is 11.5 Å². The van der Waals surface area contributed by atoms with Gasteiger partial charge in [-0.1, -0.05) is 90.5 Å². The van der Waals surface area contributed by atoms with Crippen LogP contribution in [0.4, 0.5) is 0 Å². The summed E-state index contributed by atoms with van der Waals surface area (Å²) in [4.78, 5) is 44.1. The SMILES string of the molecule is CC(=O)/C(=N/C1(C)OC(C)=C(C(=O)c2ccccc2)C1c1ccccc1Cl)C(=O)c1ccccc1. The number of ether oxygens (including phenoxy) is 1. The molecule has 0 fully saturated rings. The molecule has 0 spiro atoms. The van der Waals surface area contributed by atoms with Crippen molar-refractivity contribution in [2.24, 2.45) is 4.99 Å². The van der Waals surface area contributed by atoms with Gasteiger partial charge in [-0.2, -0.15) is 0 Å². The third-order valence-corrected chi connectivity index (χ3v) is 6.32. The van der Waals surface area contributed by atoms with Crippen molar-refractivity contribution in [3.05, 3.63) is 118 Å². The van der Waals surface area contributed by atoms with Crippen molar-refractivity contribution < 1.29 is 19.1 Å². The van der Waals surface area contributed by atoms with Crippen LogP contribution in [0.1, 0.15) is 53.0 Å². The molecule has 0 amide bonds. The summed E-state index contributed by atoms with van der Waals surface area (Å²) in [6.07, 6.45) is 0. The van der Waals surface area contributed by atoms with Crippen molar-refractivity contribution in [2.45, 2.75) is 32.4 Å². The van der Waals surface area contributed by atoms with Crippen molar-refractivity contribution in [3.63, 3.8) is 0 Å². The molecule has 1 aliphatic heterocycles. The van der Waals surface area contributed by atoms with Crippen LogP contribution in [0.15, 0.2) is 101 Å². The van der Waals surface area contributed by atoms with Crippen LogP contribution in [0, 0.1) is 0 Å². The van der Waals surface area contributed by atoms with Crippen LogP contribution in [0.3, 0.4) is 0 Å². The first kappa shape index (κ1) is 24.3. The van der Waals surface area contributed by atoms with Crippen LogP contribution < -0.4 is 0 Å². The highest BCUT2D eigenvalue weighted by atomic mass is 35.5. The maximum atomic E-state index is 13.7. The minimum Gasteiger partial charge on any atom is -0.470 e. The second kappa shape index (κ2) is 9.80. The van der Waals surface area contributed by atoms with E-state index in [9.17, 15) is 14.4 Å². The average Bonchev–Trinajstić information content (AvgIpc) is 3.12. The number of halogens is 1. The maximum Gasteiger partial charge on any atom is 0.214 e. The summed E-state index contributed by atoms with van der Waals surface area (Å²) in [5, 5.41) is 0.425. The fourth-order valence-electron chi connectivity index (χ4n) is 4.41. The van der Waals surface area contributed by atoms with Crippen LogP contribution in [0.25, 0.3) is 0 Å². The number of rotatable bonds is 7. The molecule has 35 heavy (non-hydrogen) atoms. The van der Waals surface area contributed by atoms with E-state index in [4.69, 9.17) is 16.3 Å². The molecule has 0 saturated heterocycles. The Morgan fingerprint density at radius 1 is 0.857 bits per heavy atom. The zero-order valence-electron chi connectivity index (χ0n) is 19.6. The molecule has 1 aliphatic rings. The molecule has 0 aromatic heterocycles. The smallest absolute Gasteiger partial charge is 0.214 e. The number of benzene rings is 3. The second-order valence-corrected chi connectivity index (χ2v) is 8.90. The quantitative estimate of drug-likeness (QED) is 0.225. The van der Waals surface area contributed by atoms with E-state index in [1.54, 1.807) is 86.6 Å². The summed E-state index contributed by atoms with van der Waals surface area (Å²) in [6, 6.07) is 24.4. The number of carbonyl (C=O) groups excluding carboxylic acids is 3. The Balaban J connectivity index is 1.88. The highest BCUT2D eigenvalue weighted by Gasteiger charge is 2.50. The minimum absolute atomic E-state index is 0.231. The monoisotopic (exact) mass is 485 g/mol. The summed E-state index contributed by atoms with van der Waals surface area (Å²) >= 11 is 6.58. The molecule has 4 rings (SSSR count). The molecule has 0 saturated carbocycles. The van der Waals surface area contributed by atoms with Gasteiger partial charge in [0.25, 0.3) is 0 Å². The Kier molecular flexibility index (Phi) is 6.81. The van der Waals surface area contributed by atoms with Crippen molar-refractivity contribution >= 4 is 34.7 Å².